The third kappa shape index (κ3) is 4.12. The van der Waals surface area contributed by atoms with Crippen molar-refractivity contribution in [2.24, 2.45) is 0 Å². The van der Waals surface area contributed by atoms with E-state index in [-0.39, 0.29) is 22.1 Å². The van der Waals surface area contributed by atoms with Gasteiger partial charge in [-0.3, -0.25) is 4.72 Å². The number of aromatic nitrogens is 2. The van der Waals surface area contributed by atoms with Gasteiger partial charge in [0.2, 0.25) is 0 Å². The van der Waals surface area contributed by atoms with Crippen LogP contribution in [0.15, 0.2) is 59.5 Å². The molecule has 2 N–H and O–H groups in total. The van der Waals surface area contributed by atoms with Crippen LogP contribution in [0, 0.1) is 18.6 Å². The summed E-state index contributed by atoms with van der Waals surface area (Å²) >= 11 is 0. The van der Waals surface area contributed by atoms with Crippen LogP contribution in [0.2, 0.25) is 0 Å². The first-order valence-electron chi connectivity index (χ1n) is 7.49. The number of nitrogens with zero attached hydrogens (tertiary/aromatic N) is 2. The molecule has 0 unspecified atom stereocenters. The number of hydrogen-bond donors (Lipinski definition) is 2. The van der Waals surface area contributed by atoms with Crippen LogP contribution in [0.1, 0.15) is 5.56 Å². The van der Waals surface area contributed by atoms with Crippen molar-refractivity contribution < 1.29 is 17.2 Å². The van der Waals surface area contributed by atoms with Gasteiger partial charge in [0.05, 0.1) is 4.90 Å². The summed E-state index contributed by atoms with van der Waals surface area (Å²) in [6.07, 6.45) is 0. The molecule has 6 nitrogen and oxygen atoms in total. The molecule has 2 aromatic carbocycles. The first kappa shape index (κ1) is 17.7. The Hall–Kier alpha value is -3.07. The number of sulfonamides is 1. The molecule has 9 heteroatoms. The van der Waals surface area contributed by atoms with Gasteiger partial charge in [-0.1, -0.05) is 0 Å². The van der Waals surface area contributed by atoms with E-state index >= 15 is 0 Å². The fourth-order valence-corrected chi connectivity index (χ4v) is 3.20. The lowest BCUT2D eigenvalue weighted by Crippen LogP contribution is -2.14. The molecular weight excluding hydrogens is 362 g/mol. The highest BCUT2D eigenvalue weighted by Crippen LogP contribution is 2.19. The molecule has 1 aromatic heterocycles. The Bertz CT molecular complexity index is 1020. The fourth-order valence-electron chi connectivity index (χ4n) is 2.12. The maximum Gasteiger partial charge on any atom is 0.263 e. The first-order valence-corrected chi connectivity index (χ1v) is 8.97. The maximum absolute atomic E-state index is 13.3. The van der Waals surface area contributed by atoms with Gasteiger partial charge in [0.1, 0.15) is 11.6 Å². The average Bonchev–Trinajstić information content (AvgIpc) is 2.61. The molecule has 0 amide bonds. The highest BCUT2D eigenvalue weighted by molar-refractivity contribution is 7.92. The number of benzene rings is 2. The van der Waals surface area contributed by atoms with Gasteiger partial charge in [-0.05, 0) is 67.1 Å². The molecule has 0 aliphatic carbocycles. The molecule has 26 heavy (non-hydrogen) atoms. The summed E-state index contributed by atoms with van der Waals surface area (Å²) in [6, 6.07) is 12.1. The molecule has 0 fully saturated rings. The van der Waals surface area contributed by atoms with Crippen LogP contribution in [0.25, 0.3) is 0 Å². The minimum Gasteiger partial charge on any atom is -0.339 e. The summed E-state index contributed by atoms with van der Waals surface area (Å²) in [5.41, 5.74) is 0.827. The second-order valence-electron chi connectivity index (χ2n) is 5.45. The molecule has 0 radical (unpaired) electrons. The summed E-state index contributed by atoms with van der Waals surface area (Å²) in [7, 11) is -3.91. The molecule has 0 bridgehead atoms. The minimum atomic E-state index is -3.91. The number of hydrogen-bond acceptors (Lipinski definition) is 5. The van der Waals surface area contributed by atoms with Crippen molar-refractivity contribution in [2.75, 3.05) is 10.0 Å². The van der Waals surface area contributed by atoms with E-state index in [1.54, 1.807) is 0 Å². The van der Waals surface area contributed by atoms with Crippen molar-refractivity contribution in [3.63, 3.8) is 0 Å². The van der Waals surface area contributed by atoms with E-state index in [9.17, 15) is 17.2 Å². The lowest BCUT2D eigenvalue weighted by Gasteiger charge is -2.09. The van der Waals surface area contributed by atoms with E-state index in [0.717, 1.165) is 6.07 Å². The molecule has 0 atom stereocenters. The van der Waals surface area contributed by atoms with Crippen LogP contribution < -0.4 is 10.0 Å². The Balaban J connectivity index is 1.73. The molecule has 3 aromatic rings. The van der Waals surface area contributed by atoms with E-state index in [0.29, 0.717) is 11.5 Å². The zero-order chi connectivity index (χ0) is 18.7. The Labute approximate surface area is 149 Å². The summed E-state index contributed by atoms with van der Waals surface area (Å²) in [4.78, 5) is -0.0771. The van der Waals surface area contributed by atoms with E-state index in [4.69, 9.17) is 0 Å². The van der Waals surface area contributed by atoms with Crippen molar-refractivity contribution in [3.8, 4) is 0 Å². The minimum absolute atomic E-state index is 0.0108. The van der Waals surface area contributed by atoms with Gasteiger partial charge < -0.3 is 5.32 Å². The Kier molecular flexibility index (Phi) is 4.81. The van der Waals surface area contributed by atoms with Crippen LogP contribution in [-0.4, -0.2) is 18.6 Å². The molecule has 0 saturated carbocycles. The predicted molar refractivity (Wildman–Crippen MR) is 93.7 cm³/mol. The van der Waals surface area contributed by atoms with E-state index < -0.39 is 15.8 Å². The Morgan fingerprint density at radius 1 is 0.885 bits per heavy atom. The van der Waals surface area contributed by atoms with Gasteiger partial charge in [0, 0.05) is 5.69 Å². The SMILES string of the molecule is Cc1cc(S(=O)(=O)Nc2ccc(Nc3ccc(F)cc3)nn2)ccc1F. The Morgan fingerprint density at radius 2 is 1.54 bits per heavy atom. The van der Waals surface area contributed by atoms with E-state index in [1.807, 2.05) is 0 Å². The van der Waals surface area contributed by atoms with E-state index in [2.05, 4.69) is 20.2 Å². The largest absolute Gasteiger partial charge is 0.339 e. The standard InChI is InChI=1S/C17H14F2N4O2S/c1-11-10-14(6-7-15(11)19)26(24,25)23-17-9-8-16(21-22-17)20-13-4-2-12(18)3-5-13/h2-10H,1H3,(H,20,21)(H,22,23). The lowest BCUT2D eigenvalue weighted by molar-refractivity contribution is 0.598. The van der Waals surface area contributed by atoms with Crippen molar-refractivity contribution >= 4 is 27.3 Å². The molecule has 1 heterocycles. The molecule has 3 rings (SSSR count). The smallest absolute Gasteiger partial charge is 0.263 e. The second-order valence-corrected chi connectivity index (χ2v) is 7.13. The second kappa shape index (κ2) is 7.04. The number of anilines is 3. The quantitative estimate of drug-likeness (QED) is 0.711. The van der Waals surface area contributed by atoms with Gasteiger partial charge >= 0.3 is 0 Å². The molecule has 0 spiro atoms. The molecule has 0 aliphatic rings. The number of aryl methyl sites for hydroxylation is 1. The van der Waals surface area contributed by atoms with E-state index in [1.165, 1.54) is 55.5 Å². The van der Waals surface area contributed by atoms with Crippen molar-refractivity contribution in [3.05, 3.63) is 71.8 Å². The van der Waals surface area contributed by atoms with Crippen molar-refractivity contribution in [1.29, 1.82) is 0 Å². The van der Waals surface area contributed by atoms with Gasteiger partial charge in [0.15, 0.2) is 11.6 Å². The Morgan fingerprint density at radius 3 is 2.15 bits per heavy atom. The fraction of sp³-hybridized carbons (Fsp3) is 0.0588. The number of rotatable bonds is 5. The highest BCUT2D eigenvalue weighted by Gasteiger charge is 2.16. The molecule has 134 valence electrons. The summed E-state index contributed by atoms with van der Waals surface area (Å²) in [5.74, 6) is -0.476. The van der Waals surface area contributed by atoms with Crippen LogP contribution in [0.5, 0.6) is 0 Å². The normalized spacial score (nSPS) is 11.2. The van der Waals surface area contributed by atoms with Crippen LogP contribution in [-0.2, 0) is 10.0 Å². The first-order chi connectivity index (χ1) is 12.3. The summed E-state index contributed by atoms with van der Waals surface area (Å²) in [5, 5.41) is 10.6. The van der Waals surface area contributed by atoms with Gasteiger partial charge in [0.25, 0.3) is 10.0 Å². The molecule has 0 aliphatic heterocycles. The van der Waals surface area contributed by atoms with Crippen molar-refractivity contribution in [2.45, 2.75) is 11.8 Å². The zero-order valence-corrected chi connectivity index (χ0v) is 14.4. The molecular formula is C17H14F2N4O2S. The van der Waals surface area contributed by atoms with Gasteiger partial charge in [-0.25, -0.2) is 17.2 Å². The summed E-state index contributed by atoms with van der Waals surface area (Å²) in [6.45, 7) is 1.48. The lowest BCUT2D eigenvalue weighted by atomic mass is 10.2. The average molecular weight is 376 g/mol. The van der Waals surface area contributed by atoms with Crippen molar-refractivity contribution in [1.82, 2.24) is 10.2 Å². The van der Waals surface area contributed by atoms with Gasteiger partial charge in [-0.2, -0.15) is 0 Å². The van der Waals surface area contributed by atoms with Crippen LogP contribution in [0.4, 0.5) is 26.1 Å². The number of halogens is 2. The maximum atomic E-state index is 13.3. The topological polar surface area (TPSA) is 84.0 Å². The zero-order valence-electron chi connectivity index (χ0n) is 13.6. The van der Waals surface area contributed by atoms with Gasteiger partial charge in [-0.15, -0.1) is 10.2 Å². The third-order valence-corrected chi connectivity index (χ3v) is 4.81. The predicted octanol–water partition coefficient (Wildman–Crippen LogP) is 3.61. The van der Waals surface area contributed by atoms with Crippen LogP contribution >= 0.6 is 0 Å². The number of nitrogens with one attached hydrogen (secondary N) is 2. The molecule has 0 saturated heterocycles. The van der Waals surface area contributed by atoms with Crippen LogP contribution in [0.3, 0.4) is 0 Å². The summed E-state index contributed by atoms with van der Waals surface area (Å²) < 4.78 is 53.1. The third-order valence-electron chi connectivity index (χ3n) is 3.46. The monoisotopic (exact) mass is 376 g/mol. The highest BCUT2D eigenvalue weighted by atomic mass is 32.2.